The van der Waals surface area contributed by atoms with E-state index in [2.05, 4.69) is 16.9 Å². The monoisotopic (exact) mass is 208 g/mol. The van der Waals surface area contributed by atoms with Gasteiger partial charge in [0, 0.05) is 11.6 Å². The van der Waals surface area contributed by atoms with Crippen molar-refractivity contribution in [2.24, 2.45) is 0 Å². The zero-order valence-electron chi connectivity index (χ0n) is 8.55. The number of aryl methyl sites for hydroxylation is 1. The minimum atomic E-state index is 0.665. The van der Waals surface area contributed by atoms with E-state index < -0.39 is 0 Å². The van der Waals surface area contributed by atoms with Gasteiger partial charge >= 0.3 is 0 Å². The number of aromatic amines is 1. The lowest BCUT2D eigenvalue weighted by Crippen LogP contribution is -1.98. The number of rotatable bonds is 4. The van der Waals surface area contributed by atoms with E-state index in [0.717, 1.165) is 16.9 Å². The second-order valence-electron chi connectivity index (χ2n) is 4.01. The highest BCUT2D eigenvalue weighted by Crippen LogP contribution is 2.37. The first-order valence-corrected chi connectivity index (χ1v) is 5.80. The third-order valence-electron chi connectivity index (χ3n) is 2.58. The molecular formula is C11H16N2S. The molecule has 0 radical (unpaired) electrons. The van der Waals surface area contributed by atoms with Crippen LogP contribution in [0.3, 0.4) is 0 Å². The third kappa shape index (κ3) is 2.41. The molecule has 1 aromatic rings. The Morgan fingerprint density at radius 1 is 1.57 bits per heavy atom. The third-order valence-corrected chi connectivity index (χ3v) is 2.79. The lowest BCUT2D eigenvalue weighted by Gasteiger charge is -2.03. The molecule has 0 aliphatic heterocycles. The second-order valence-corrected chi connectivity index (χ2v) is 4.43. The van der Waals surface area contributed by atoms with Gasteiger partial charge in [-0.05, 0) is 31.7 Å². The van der Waals surface area contributed by atoms with Crippen molar-refractivity contribution in [1.82, 2.24) is 9.97 Å². The minimum absolute atomic E-state index is 0.665. The van der Waals surface area contributed by atoms with Gasteiger partial charge in [-0.15, -0.1) is 0 Å². The standard InChI is InChI=1S/C11H16N2S/c1-2-3-4-9-7-10(14)13-11(12-9)8-5-6-8/h7-8H,2-6H2,1H3,(H,12,13,14). The van der Waals surface area contributed by atoms with Crippen molar-refractivity contribution in [3.8, 4) is 0 Å². The Morgan fingerprint density at radius 2 is 2.36 bits per heavy atom. The van der Waals surface area contributed by atoms with Crippen LogP contribution in [0.25, 0.3) is 0 Å². The second kappa shape index (κ2) is 4.22. The number of hydrogen-bond acceptors (Lipinski definition) is 2. The average Bonchev–Trinajstić information content (AvgIpc) is 2.97. The molecule has 0 unspecified atom stereocenters. The Labute approximate surface area is 89.8 Å². The van der Waals surface area contributed by atoms with Gasteiger partial charge < -0.3 is 4.98 Å². The Morgan fingerprint density at radius 3 is 3.00 bits per heavy atom. The normalized spacial score (nSPS) is 15.8. The van der Waals surface area contributed by atoms with E-state index in [0.29, 0.717) is 5.92 Å². The van der Waals surface area contributed by atoms with E-state index in [-0.39, 0.29) is 0 Å². The maximum atomic E-state index is 5.15. The van der Waals surface area contributed by atoms with Gasteiger partial charge in [0.2, 0.25) is 0 Å². The molecule has 1 heterocycles. The molecule has 0 aromatic carbocycles. The van der Waals surface area contributed by atoms with Gasteiger partial charge in [0.05, 0.1) is 0 Å². The quantitative estimate of drug-likeness (QED) is 0.769. The SMILES string of the molecule is CCCCc1cc(=S)nc(C2CC2)[nH]1. The topological polar surface area (TPSA) is 28.7 Å². The molecule has 0 saturated heterocycles. The summed E-state index contributed by atoms with van der Waals surface area (Å²) in [4.78, 5) is 7.77. The summed E-state index contributed by atoms with van der Waals surface area (Å²) in [5.74, 6) is 1.78. The van der Waals surface area contributed by atoms with Gasteiger partial charge in [0.1, 0.15) is 10.5 Å². The molecule has 2 rings (SSSR count). The molecule has 0 bridgehead atoms. The summed E-state index contributed by atoms with van der Waals surface area (Å²) >= 11 is 5.15. The van der Waals surface area contributed by atoms with E-state index in [1.807, 2.05) is 6.07 Å². The van der Waals surface area contributed by atoms with Gasteiger partial charge in [-0.2, -0.15) is 0 Å². The molecule has 1 N–H and O–H groups in total. The molecular weight excluding hydrogens is 192 g/mol. The van der Waals surface area contributed by atoms with Crippen molar-refractivity contribution in [3.05, 3.63) is 22.2 Å². The largest absolute Gasteiger partial charge is 0.347 e. The van der Waals surface area contributed by atoms with Gasteiger partial charge in [-0.25, -0.2) is 4.98 Å². The summed E-state index contributed by atoms with van der Waals surface area (Å²) in [6.07, 6.45) is 6.09. The first kappa shape index (κ1) is 9.84. The van der Waals surface area contributed by atoms with Crippen LogP contribution >= 0.6 is 12.2 Å². The van der Waals surface area contributed by atoms with Gasteiger partial charge in [0.15, 0.2) is 0 Å². The van der Waals surface area contributed by atoms with E-state index in [1.165, 1.54) is 31.4 Å². The van der Waals surface area contributed by atoms with Crippen LogP contribution in [0.2, 0.25) is 0 Å². The van der Waals surface area contributed by atoms with Gasteiger partial charge in [-0.3, -0.25) is 0 Å². The predicted octanol–water partition coefficient (Wildman–Crippen LogP) is 3.36. The number of hydrogen-bond donors (Lipinski definition) is 1. The smallest absolute Gasteiger partial charge is 0.129 e. The molecule has 14 heavy (non-hydrogen) atoms. The molecule has 0 atom stereocenters. The van der Waals surface area contributed by atoms with Crippen LogP contribution in [0, 0.1) is 4.64 Å². The van der Waals surface area contributed by atoms with Crippen LogP contribution in [0.15, 0.2) is 6.07 Å². The number of aromatic nitrogens is 2. The molecule has 1 aliphatic carbocycles. The highest BCUT2D eigenvalue weighted by atomic mass is 32.1. The van der Waals surface area contributed by atoms with Crippen LogP contribution in [0.1, 0.15) is 50.0 Å². The molecule has 1 saturated carbocycles. The summed E-state index contributed by atoms with van der Waals surface area (Å²) < 4.78 is 0.747. The van der Waals surface area contributed by atoms with E-state index >= 15 is 0 Å². The van der Waals surface area contributed by atoms with Crippen molar-refractivity contribution in [1.29, 1.82) is 0 Å². The van der Waals surface area contributed by atoms with Crippen LogP contribution in [0.4, 0.5) is 0 Å². The first-order valence-electron chi connectivity index (χ1n) is 5.39. The Kier molecular flexibility index (Phi) is 2.96. The summed E-state index contributed by atoms with van der Waals surface area (Å²) in [5.41, 5.74) is 1.26. The van der Waals surface area contributed by atoms with E-state index in [4.69, 9.17) is 12.2 Å². The molecule has 0 spiro atoms. The van der Waals surface area contributed by atoms with E-state index in [1.54, 1.807) is 0 Å². The Hall–Kier alpha value is -0.700. The average molecular weight is 208 g/mol. The molecule has 76 valence electrons. The maximum Gasteiger partial charge on any atom is 0.129 e. The summed E-state index contributed by atoms with van der Waals surface area (Å²) in [5, 5.41) is 0. The number of unbranched alkanes of at least 4 members (excludes halogenated alkanes) is 1. The molecule has 2 nitrogen and oxygen atoms in total. The van der Waals surface area contributed by atoms with Gasteiger partial charge in [-0.1, -0.05) is 25.6 Å². The lowest BCUT2D eigenvalue weighted by atomic mass is 10.2. The summed E-state index contributed by atoms with van der Waals surface area (Å²) in [7, 11) is 0. The maximum absolute atomic E-state index is 5.15. The predicted molar refractivity (Wildman–Crippen MR) is 60.0 cm³/mol. The minimum Gasteiger partial charge on any atom is -0.347 e. The number of H-pyrrole nitrogens is 1. The van der Waals surface area contributed by atoms with Crippen LogP contribution in [0.5, 0.6) is 0 Å². The molecule has 3 heteroatoms. The summed E-state index contributed by atoms with van der Waals surface area (Å²) in [6, 6.07) is 2.00. The molecule has 0 amide bonds. The van der Waals surface area contributed by atoms with Crippen molar-refractivity contribution in [2.45, 2.75) is 44.9 Å². The summed E-state index contributed by atoms with van der Waals surface area (Å²) in [6.45, 7) is 2.21. The molecule has 1 aliphatic rings. The van der Waals surface area contributed by atoms with Crippen LogP contribution in [-0.4, -0.2) is 9.97 Å². The lowest BCUT2D eigenvalue weighted by molar-refractivity contribution is 0.758. The fourth-order valence-corrected chi connectivity index (χ4v) is 1.82. The first-order chi connectivity index (χ1) is 6.79. The number of nitrogens with one attached hydrogen (secondary N) is 1. The fourth-order valence-electron chi connectivity index (χ4n) is 1.58. The van der Waals surface area contributed by atoms with Crippen LogP contribution < -0.4 is 0 Å². The zero-order valence-corrected chi connectivity index (χ0v) is 9.36. The van der Waals surface area contributed by atoms with Crippen molar-refractivity contribution >= 4 is 12.2 Å². The Balaban J connectivity index is 2.18. The highest BCUT2D eigenvalue weighted by Gasteiger charge is 2.25. The van der Waals surface area contributed by atoms with Gasteiger partial charge in [0.25, 0.3) is 0 Å². The van der Waals surface area contributed by atoms with Crippen molar-refractivity contribution in [3.63, 3.8) is 0 Å². The van der Waals surface area contributed by atoms with Crippen LogP contribution in [-0.2, 0) is 6.42 Å². The molecule has 1 aromatic heterocycles. The zero-order chi connectivity index (χ0) is 9.97. The van der Waals surface area contributed by atoms with Crippen molar-refractivity contribution in [2.75, 3.05) is 0 Å². The Bertz CT molecular complexity index is 366. The fraction of sp³-hybridized carbons (Fsp3) is 0.636. The van der Waals surface area contributed by atoms with Crippen molar-refractivity contribution < 1.29 is 0 Å². The number of nitrogens with zero attached hydrogens (tertiary/aromatic N) is 1. The highest BCUT2D eigenvalue weighted by molar-refractivity contribution is 7.71. The molecule has 1 fully saturated rings. The van der Waals surface area contributed by atoms with E-state index in [9.17, 15) is 0 Å².